The van der Waals surface area contributed by atoms with Gasteiger partial charge in [-0.15, -0.1) is 0 Å². The second kappa shape index (κ2) is 5.65. The van der Waals surface area contributed by atoms with Crippen LogP contribution in [0, 0.1) is 0 Å². The van der Waals surface area contributed by atoms with Crippen molar-refractivity contribution in [2.75, 3.05) is 4.72 Å². The Hall–Kier alpha value is -2.60. The van der Waals surface area contributed by atoms with Crippen LogP contribution in [0.25, 0.3) is 11.3 Å². The molecule has 0 aliphatic carbocycles. The van der Waals surface area contributed by atoms with Crippen LogP contribution in [-0.2, 0) is 17.1 Å². The van der Waals surface area contributed by atoms with E-state index in [1.54, 1.807) is 31.3 Å². The third-order valence-corrected chi connectivity index (χ3v) is 4.54. The Labute approximate surface area is 129 Å². The van der Waals surface area contributed by atoms with E-state index in [0.717, 1.165) is 5.56 Å². The molecule has 0 unspecified atom stereocenters. The molecule has 0 fully saturated rings. The highest BCUT2D eigenvalue weighted by atomic mass is 32.2. The summed E-state index contributed by atoms with van der Waals surface area (Å²) in [6, 6.07) is 18.1. The van der Waals surface area contributed by atoms with Crippen molar-refractivity contribution in [1.82, 2.24) is 9.78 Å². The normalized spacial score (nSPS) is 11.3. The summed E-state index contributed by atoms with van der Waals surface area (Å²) in [6.45, 7) is 0. The van der Waals surface area contributed by atoms with Crippen LogP contribution in [0.5, 0.6) is 0 Å². The first-order valence-electron chi connectivity index (χ1n) is 6.73. The molecule has 112 valence electrons. The van der Waals surface area contributed by atoms with Gasteiger partial charge in [0.2, 0.25) is 0 Å². The maximum Gasteiger partial charge on any atom is 0.265 e. The topological polar surface area (TPSA) is 64.0 Å². The standard InChI is InChI=1S/C16H15N3O2S/c1-19-12-15(16(17-19)13-8-4-2-5-9-13)22(20,21)18-14-10-6-3-7-11-14/h2-12,18H,1H3. The van der Waals surface area contributed by atoms with Gasteiger partial charge in [-0.1, -0.05) is 48.5 Å². The van der Waals surface area contributed by atoms with Gasteiger partial charge in [0, 0.05) is 24.5 Å². The SMILES string of the molecule is Cn1cc(S(=O)(=O)Nc2ccccc2)c(-c2ccccc2)n1. The van der Waals surface area contributed by atoms with Crippen molar-refractivity contribution in [3.8, 4) is 11.3 Å². The fraction of sp³-hybridized carbons (Fsp3) is 0.0625. The van der Waals surface area contributed by atoms with Gasteiger partial charge in [-0.25, -0.2) is 8.42 Å². The van der Waals surface area contributed by atoms with Crippen LogP contribution >= 0.6 is 0 Å². The lowest BCUT2D eigenvalue weighted by Gasteiger charge is -2.07. The molecule has 0 radical (unpaired) electrons. The summed E-state index contributed by atoms with van der Waals surface area (Å²) < 4.78 is 29.4. The first-order valence-corrected chi connectivity index (χ1v) is 8.21. The molecule has 5 nitrogen and oxygen atoms in total. The number of nitrogens with zero attached hydrogens (tertiary/aromatic N) is 2. The summed E-state index contributed by atoms with van der Waals surface area (Å²) in [7, 11) is -2.00. The molecular formula is C16H15N3O2S. The van der Waals surface area contributed by atoms with E-state index in [2.05, 4.69) is 9.82 Å². The average Bonchev–Trinajstić information content (AvgIpc) is 2.92. The second-order valence-corrected chi connectivity index (χ2v) is 6.50. The van der Waals surface area contributed by atoms with Gasteiger partial charge < -0.3 is 0 Å². The number of benzene rings is 2. The minimum Gasteiger partial charge on any atom is -0.280 e. The molecular weight excluding hydrogens is 298 g/mol. The number of aromatic nitrogens is 2. The van der Waals surface area contributed by atoms with Crippen molar-refractivity contribution in [3.05, 3.63) is 66.9 Å². The van der Waals surface area contributed by atoms with Crippen LogP contribution in [0.1, 0.15) is 0 Å². The molecule has 6 heteroatoms. The number of para-hydroxylation sites is 1. The molecule has 0 saturated heterocycles. The first-order chi connectivity index (χ1) is 10.6. The number of hydrogen-bond acceptors (Lipinski definition) is 3. The third kappa shape index (κ3) is 2.87. The van der Waals surface area contributed by atoms with E-state index >= 15 is 0 Å². The van der Waals surface area contributed by atoms with E-state index in [9.17, 15) is 8.42 Å². The van der Waals surface area contributed by atoms with Crippen molar-refractivity contribution in [2.45, 2.75) is 4.90 Å². The Morgan fingerprint density at radius 1 is 0.955 bits per heavy atom. The van der Waals surface area contributed by atoms with Gasteiger partial charge in [-0.3, -0.25) is 9.40 Å². The monoisotopic (exact) mass is 313 g/mol. The number of aryl methyl sites for hydroxylation is 1. The zero-order valence-electron chi connectivity index (χ0n) is 12.0. The van der Waals surface area contributed by atoms with Crippen molar-refractivity contribution in [3.63, 3.8) is 0 Å². The van der Waals surface area contributed by atoms with Crippen LogP contribution in [-0.4, -0.2) is 18.2 Å². The van der Waals surface area contributed by atoms with Crippen molar-refractivity contribution < 1.29 is 8.42 Å². The van der Waals surface area contributed by atoms with Crippen LogP contribution < -0.4 is 4.72 Å². The van der Waals surface area contributed by atoms with Gasteiger partial charge in [0.1, 0.15) is 10.6 Å². The maximum atomic E-state index is 12.6. The highest BCUT2D eigenvalue weighted by Crippen LogP contribution is 2.27. The lowest BCUT2D eigenvalue weighted by atomic mass is 10.2. The van der Waals surface area contributed by atoms with Crippen LogP contribution in [0.3, 0.4) is 0 Å². The molecule has 0 bridgehead atoms. The fourth-order valence-electron chi connectivity index (χ4n) is 2.18. The molecule has 1 N–H and O–H groups in total. The van der Waals surface area contributed by atoms with Gasteiger partial charge in [-0.05, 0) is 12.1 Å². The second-order valence-electron chi connectivity index (χ2n) is 4.85. The molecule has 22 heavy (non-hydrogen) atoms. The number of rotatable bonds is 4. The minimum atomic E-state index is -3.70. The molecule has 2 aromatic carbocycles. The zero-order chi connectivity index (χ0) is 15.6. The average molecular weight is 313 g/mol. The van der Waals surface area contributed by atoms with E-state index in [0.29, 0.717) is 11.4 Å². The van der Waals surface area contributed by atoms with E-state index in [1.807, 2.05) is 36.4 Å². The van der Waals surface area contributed by atoms with Crippen molar-refractivity contribution in [1.29, 1.82) is 0 Å². The zero-order valence-corrected chi connectivity index (χ0v) is 12.8. The van der Waals surface area contributed by atoms with E-state index in [-0.39, 0.29) is 4.90 Å². The number of hydrogen-bond donors (Lipinski definition) is 1. The maximum absolute atomic E-state index is 12.6. The summed E-state index contributed by atoms with van der Waals surface area (Å²) in [4.78, 5) is 0.157. The third-order valence-electron chi connectivity index (χ3n) is 3.16. The molecule has 3 aromatic rings. The smallest absolute Gasteiger partial charge is 0.265 e. The first kappa shape index (κ1) is 14.3. The van der Waals surface area contributed by atoms with Crippen LogP contribution in [0.2, 0.25) is 0 Å². The molecule has 0 aliphatic heterocycles. The molecule has 1 aromatic heterocycles. The van der Waals surface area contributed by atoms with Crippen molar-refractivity contribution >= 4 is 15.7 Å². The quantitative estimate of drug-likeness (QED) is 0.805. The minimum absolute atomic E-state index is 0.157. The number of anilines is 1. The Balaban J connectivity index is 2.05. The molecule has 0 atom stereocenters. The largest absolute Gasteiger partial charge is 0.280 e. The van der Waals surface area contributed by atoms with E-state index < -0.39 is 10.0 Å². The summed E-state index contributed by atoms with van der Waals surface area (Å²) in [5, 5.41) is 4.29. The predicted molar refractivity (Wildman–Crippen MR) is 85.9 cm³/mol. The lowest BCUT2D eigenvalue weighted by molar-refractivity contribution is 0.601. The van der Waals surface area contributed by atoms with Gasteiger partial charge >= 0.3 is 0 Å². The van der Waals surface area contributed by atoms with Gasteiger partial charge in [0.05, 0.1) is 0 Å². The summed E-state index contributed by atoms with van der Waals surface area (Å²) in [5.41, 5.74) is 1.72. The number of nitrogens with one attached hydrogen (secondary N) is 1. The highest BCUT2D eigenvalue weighted by Gasteiger charge is 2.23. The van der Waals surface area contributed by atoms with Gasteiger partial charge in [-0.2, -0.15) is 5.10 Å². The molecule has 0 aliphatic rings. The van der Waals surface area contributed by atoms with Crippen LogP contribution in [0.4, 0.5) is 5.69 Å². The summed E-state index contributed by atoms with van der Waals surface area (Å²) >= 11 is 0. The molecule has 1 heterocycles. The Morgan fingerprint density at radius 2 is 1.55 bits per heavy atom. The van der Waals surface area contributed by atoms with E-state index in [4.69, 9.17) is 0 Å². The van der Waals surface area contributed by atoms with Crippen molar-refractivity contribution in [2.24, 2.45) is 7.05 Å². The molecule has 0 amide bonds. The Morgan fingerprint density at radius 3 is 2.18 bits per heavy atom. The Kier molecular flexibility index (Phi) is 3.68. The lowest BCUT2D eigenvalue weighted by Crippen LogP contribution is -2.13. The fourth-order valence-corrected chi connectivity index (χ4v) is 3.44. The summed E-state index contributed by atoms with van der Waals surface area (Å²) in [5.74, 6) is 0. The summed E-state index contributed by atoms with van der Waals surface area (Å²) in [6.07, 6.45) is 1.51. The Bertz CT molecular complexity index is 872. The van der Waals surface area contributed by atoms with E-state index in [1.165, 1.54) is 10.9 Å². The molecule has 0 spiro atoms. The van der Waals surface area contributed by atoms with Gasteiger partial charge in [0.15, 0.2) is 0 Å². The van der Waals surface area contributed by atoms with Crippen LogP contribution in [0.15, 0.2) is 71.8 Å². The number of sulfonamides is 1. The predicted octanol–water partition coefficient (Wildman–Crippen LogP) is 2.89. The van der Waals surface area contributed by atoms with Gasteiger partial charge in [0.25, 0.3) is 10.0 Å². The molecule has 0 saturated carbocycles. The molecule has 3 rings (SSSR count). The highest BCUT2D eigenvalue weighted by molar-refractivity contribution is 7.92.